The van der Waals surface area contributed by atoms with Crippen LogP contribution in [-0.4, -0.2) is 21.3 Å². The summed E-state index contributed by atoms with van der Waals surface area (Å²) in [6.45, 7) is 4.39. The molecule has 14 heavy (non-hydrogen) atoms. The van der Waals surface area contributed by atoms with E-state index in [1.54, 1.807) is 0 Å². The second-order valence-electron chi connectivity index (χ2n) is 3.90. The molecule has 0 aliphatic heterocycles. The molecule has 0 fully saturated rings. The summed E-state index contributed by atoms with van der Waals surface area (Å²) in [5, 5.41) is 9.47. The first kappa shape index (κ1) is 11.5. The van der Waals surface area contributed by atoms with Crippen molar-refractivity contribution in [3.63, 3.8) is 0 Å². The zero-order valence-electron chi connectivity index (χ0n) is 8.92. The third kappa shape index (κ3) is 2.49. The summed E-state index contributed by atoms with van der Waals surface area (Å²) in [5.74, 6) is 1.56. The lowest BCUT2D eigenvalue weighted by molar-refractivity contribution is 0.298. The molecule has 0 unspecified atom stereocenters. The number of aromatic nitrogens is 2. The second-order valence-corrected chi connectivity index (χ2v) is 4.25. The first-order chi connectivity index (χ1) is 6.56. The first-order valence-corrected chi connectivity index (χ1v) is 5.24. The normalized spacial score (nSPS) is 11.3. The largest absolute Gasteiger partial charge is 0.396 e. The van der Waals surface area contributed by atoms with Crippen molar-refractivity contribution in [1.29, 1.82) is 0 Å². The number of hydrogen-bond acceptors (Lipinski definition) is 2. The lowest BCUT2D eigenvalue weighted by atomic mass is 10.1. The van der Waals surface area contributed by atoms with Crippen LogP contribution in [-0.2, 0) is 19.9 Å². The highest BCUT2D eigenvalue weighted by molar-refractivity contribution is 6.30. The van der Waals surface area contributed by atoms with Crippen molar-refractivity contribution in [2.24, 2.45) is 13.0 Å². The fraction of sp³-hybridized carbons (Fsp3) is 0.700. The molecule has 0 aliphatic rings. The minimum absolute atomic E-state index is 0.0951. The van der Waals surface area contributed by atoms with E-state index in [0.29, 0.717) is 17.5 Å². The smallest absolute Gasteiger partial charge is 0.131 e. The van der Waals surface area contributed by atoms with Crippen molar-refractivity contribution >= 4 is 11.6 Å². The van der Waals surface area contributed by atoms with Crippen LogP contribution in [0.2, 0.25) is 5.15 Å². The van der Waals surface area contributed by atoms with Crippen LogP contribution in [0, 0.1) is 5.92 Å². The van der Waals surface area contributed by atoms with E-state index < -0.39 is 0 Å². The zero-order valence-corrected chi connectivity index (χ0v) is 9.67. The molecule has 0 spiro atoms. The van der Waals surface area contributed by atoms with Gasteiger partial charge >= 0.3 is 0 Å². The van der Waals surface area contributed by atoms with Crippen LogP contribution in [0.3, 0.4) is 0 Å². The molecule has 1 heterocycles. The highest BCUT2D eigenvalue weighted by Gasteiger charge is 2.12. The van der Waals surface area contributed by atoms with Gasteiger partial charge in [0.25, 0.3) is 0 Å². The molecule has 80 valence electrons. The Morgan fingerprint density at radius 2 is 2.14 bits per heavy atom. The summed E-state index contributed by atoms with van der Waals surface area (Å²) in [7, 11) is 1.91. The zero-order chi connectivity index (χ0) is 10.7. The average molecular weight is 217 g/mol. The van der Waals surface area contributed by atoms with Gasteiger partial charge in [0.1, 0.15) is 11.0 Å². The fourth-order valence-electron chi connectivity index (χ4n) is 1.40. The van der Waals surface area contributed by atoms with Gasteiger partial charge in [-0.25, -0.2) is 4.98 Å². The third-order valence-electron chi connectivity index (χ3n) is 2.12. The molecule has 4 heteroatoms. The van der Waals surface area contributed by atoms with Crippen molar-refractivity contribution in [2.75, 3.05) is 6.61 Å². The highest BCUT2D eigenvalue weighted by Crippen LogP contribution is 2.18. The van der Waals surface area contributed by atoms with Gasteiger partial charge in [0, 0.05) is 26.5 Å². The van der Waals surface area contributed by atoms with Gasteiger partial charge in [-0.1, -0.05) is 25.4 Å². The molecule has 0 saturated heterocycles. The van der Waals surface area contributed by atoms with E-state index in [1.165, 1.54) is 0 Å². The van der Waals surface area contributed by atoms with Crippen molar-refractivity contribution in [3.05, 3.63) is 16.7 Å². The van der Waals surface area contributed by atoms with Gasteiger partial charge in [-0.2, -0.15) is 0 Å². The number of hydrogen-bond donors (Lipinski definition) is 1. The van der Waals surface area contributed by atoms with E-state index in [2.05, 4.69) is 18.8 Å². The lowest BCUT2D eigenvalue weighted by Gasteiger charge is -2.04. The number of aliphatic hydroxyl groups excluding tert-OH is 1. The van der Waals surface area contributed by atoms with Crippen LogP contribution >= 0.6 is 11.6 Å². The summed E-state index contributed by atoms with van der Waals surface area (Å²) in [6, 6.07) is 0. The molecule has 0 aromatic carbocycles. The summed E-state index contributed by atoms with van der Waals surface area (Å²) in [4.78, 5) is 4.41. The Morgan fingerprint density at radius 3 is 2.64 bits per heavy atom. The van der Waals surface area contributed by atoms with Gasteiger partial charge in [0.2, 0.25) is 0 Å². The van der Waals surface area contributed by atoms with E-state index in [1.807, 2.05) is 11.6 Å². The Bertz CT molecular complexity index is 307. The van der Waals surface area contributed by atoms with Crippen LogP contribution in [0.4, 0.5) is 0 Å². The number of rotatable bonds is 4. The summed E-state index contributed by atoms with van der Waals surface area (Å²) in [6.07, 6.45) is 1.45. The van der Waals surface area contributed by atoms with Crippen molar-refractivity contribution in [2.45, 2.75) is 26.7 Å². The average Bonchev–Trinajstić information content (AvgIpc) is 2.34. The van der Waals surface area contributed by atoms with Crippen molar-refractivity contribution in [3.8, 4) is 0 Å². The van der Waals surface area contributed by atoms with E-state index in [9.17, 15) is 0 Å². The van der Waals surface area contributed by atoms with E-state index in [0.717, 1.165) is 17.9 Å². The Balaban J connectivity index is 2.90. The van der Waals surface area contributed by atoms with E-state index in [4.69, 9.17) is 16.7 Å². The predicted molar refractivity (Wildman–Crippen MR) is 57.5 cm³/mol. The minimum atomic E-state index is 0.0951. The Labute approximate surface area is 89.7 Å². The molecule has 1 aromatic rings. The number of nitrogens with zero attached hydrogens (tertiary/aromatic N) is 2. The van der Waals surface area contributed by atoms with Crippen LogP contribution < -0.4 is 0 Å². The Kier molecular flexibility index (Phi) is 3.96. The highest BCUT2D eigenvalue weighted by atomic mass is 35.5. The summed E-state index contributed by atoms with van der Waals surface area (Å²) >= 11 is 6.07. The molecular weight excluding hydrogens is 200 g/mol. The maximum Gasteiger partial charge on any atom is 0.131 e. The van der Waals surface area contributed by atoms with Gasteiger partial charge in [-0.05, 0) is 5.92 Å². The first-order valence-electron chi connectivity index (χ1n) is 4.87. The summed E-state index contributed by atoms with van der Waals surface area (Å²) in [5.41, 5.74) is 0.798. The third-order valence-corrected chi connectivity index (χ3v) is 2.59. The summed E-state index contributed by atoms with van der Waals surface area (Å²) < 4.78 is 1.90. The molecule has 0 saturated carbocycles. The molecule has 1 rings (SSSR count). The van der Waals surface area contributed by atoms with Gasteiger partial charge in [-0.3, -0.25) is 0 Å². The van der Waals surface area contributed by atoms with E-state index in [-0.39, 0.29) is 6.61 Å². The molecule has 0 radical (unpaired) electrons. The quantitative estimate of drug-likeness (QED) is 0.834. The maximum absolute atomic E-state index is 8.82. The fourth-order valence-corrected chi connectivity index (χ4v) is 1.63. The molecule has 1 N–H and O–H groups in total. The molecule has 1 aromatic heterocycles. The van der Waals surface area contributed by atoms with Crippen molar-refractivity contribution < 1.29 is 5.11 Å². The van der Waals surface area contributed by atoms with Crippen LogP contribution in [0.15, 0.2) is 0 Å². The van der Waals surface area contributed by atoms with Crippen LogP contribution in [0.25, 0.3) is 0 Å². The number of imidazole rings is 1. The topological polar surface area (TPSA) is 38.1 Å². The predicted octanol–water partition coefficient (Wildman–Crippen LogP) is 1.81. The lowest BCUT2D eigenvalue weighted by Crippen LogP contribution is -2.02. The van der Waals surface area contributed by atoms with Gasteiger partial charge in [0.05, 0.1) is 5.69 Å². The Morgan fingerprint density at radius 1 is 1.50 bits per heavy atom. The number of aliphatic hydroxyl groups is 1. The maximum atomic E-state index is 8.82. The standard InChI is InChI=1S/C10H17ClN2O/c1-7(2)6-9-12-8(4-5-14)10(11)13(9)3/h7,14H,4-6H2,1-3H3. The second kappa shape index (κ2) is 4.80. The molecule has 0 atom stereocenters. The molecule has 0 amide bonds. The molecule has 0 aliphatic carbocycles. The molecule has 3 nitrogen and oxygen atoms in total. The van der Waals surface area contributed by atoms with Gasteiger partial charge in [0.15, 0.2) is 0 Å². The monoisotopic (exact) mass is 216 g/mol. The van der Waals surface area contributed by atoms with Crippen LogP contribution in [0.1, 0.15) is 25.4 Å². The van der Waals surface area contributed by atoms with Gasteiger partial charge < -0.3 is 9.67 Å². The van der Waals surface area contributed by atoms with Crippen molar-refractivity contribution in [1.82, 2.24) is 9.55 Å². The van der Waals surface area contributed by atoms with E-state index >= 15 is 0 Å². The minimum Gasteiger partial charge on any atom is -0.396 e. The SMILES string of the molecule is CC(C)Cc1nc(CCO)c(Cl)n1C. The van der Waals surface area contributed by atoms with Crippen LogP contribution in [0.5, 0.6) is 0 Å². The molecule has 0 bridgehead atoms. The number of halogens is 1. The molecular formula is C10H17ClN2O. The Hall–Kier alpha value is -0.540. The van der Waals surface area contributed by atoms with Gasteiger partial charge in [-0.15, -0.1) is 0 Å².